The lowest BCUT2D eigenvalue weighted by Crippen LogP contribution is -2.35. The normalized spacial score (nSPS) is 15.3. The Labute approximate surface area is 131 Å². The zero-order valence-electron chi connectivity index (χ0n) is 12.6. The average molecular weight is 327 g/mol. The zero-order valence-corrected chi connectivity index (χ0v) is 12.6. The standard InChI is InChI=1S/C14H17NO8/c1-8(2)13(20)22-6-5-9(7-12(18)19)14(21)23-15-10(16)3-4-11(15)17/h9H,1,3-7H2,2H3,(H,18,19). The highest BCUT2D eigenvalue weighted by molar-refractivity contribution is 6.01. The Morgan fingerprint density at radius 1 is 1.26 bits per heavy atom. The number of hydroxylamine groups is 2. The van der Waals surface area contributed by atoms with Crippen LogP contribution in [0.25, 0.3) is 0 Å². The first-order valence-electron chi connectivity index (χ1n) is 6.84. The van der Waals surface area contributed by atoms with Crippen LogP contribution < -0.4 is 0 Å². The number of ether oxygens (including phenoxy) is 1. The molecule has 1 aliphatic rings. The van der Waals surface area contributed by atoms with Crippen LogP contribution in [0.5, 0.6) is 0 Å². The second-order valence-electron chi connectivity index (χ2n) is 4.99. The van der Waals surface area contributed by atoms with E-state index in [1.165, 1.54) is 6.92 Å². The highest BCUT2D eigenvalue weighted by Gasteiger charge is 2.35. The number of aliphatic carboxylic acids is 1. The molecule has 1 heterocycles. The number of carboxylic acid groups (broad SMARTS) is 1. The fourth-order valence-corrected chi connectivity index (χ4v) is 1.75. The van der Waals surface area contributed by atoms with Gasteiger partial charge in [-0.2, -0.15) is 0 Å². The average Bonchev–Trinajstić information content (AvgIpc) is 2.77. The maximum absolute atomic E-state index is 11.9. The molecular formula is C14H17NO8. The number of nitrogens with zero attached hydrogens (tertiary/aromatic N) is 1. The second kappa shape index (κ2) is 8.06. The Morgan fingerprint density at radius 3 is 2.30 bits per heavy atom. The molecule has 126 valence electrons. The summed E-state index contributed by atoms with van der Waals surface area (Å²) >= 11 is 0. The van der Waals surface area contributed by atoms with Crippen LogP contribution >= 0.6 is 0 Å². The Morgan fingerprint density at radius 2 is 1.83 bits per heavy atom. The van der Waals surface area contributed by atoms with Crippen molar-refractivity contribution in [2.24, 2.45) is 5.92 Å². The second-order valence-corrected chi connectivity index (χ2v) is 4.99. The van der Waals surface area contributed by atoms with Gasteiger partial charge in [0.25, 0.3) is 11.8 Å². The molecule has 9 nitrogen and oxygen atoms in total. The van der Waals surface area contributed by atoms with Gasteiger partial charge in [0.15, 0.2) is 0 Å². The first kappa shape index (κ1) is 18.3. The van der Waals surface area contributed by atoms with Gasteiger partial charge in [0.1, 0.15) is 0 Å². The number of carboxylic acids is 1. The number of imide groups is 1. The quantitative estimate of drug-likeness (QED) is 0.380. The lowest BCUT2D eigenvalue weighted by Gasteiger charge is -2.17. The first-order valence-corrected chi connectivity index (χ1v) is 6.84. The van der Waals surface area contributed by atoms with Gasteiger partial charge in [-0.15, -0.1) is 5.06 Å². The van der Waals surface area contributed by atoms with Crippen LogP contribution in [0.3, 0.4) is 0 Å². The summed E-state index contributed by atoms with van der Waals surface area (Å²) < 4.78 is 4.79. The molecule has 23 heavy (non-hydrogen) atoms. The van der Waals surface area contributed by atoms with Crippen LogP contribution in [0.2, 0.25) is 0 Å². The molecule has 1 aliphatic heterocycles. The molecular weight excluding hydrogens is 310 g/mol. The van der Waals surface area contributed by atoms with Crippen molar-refractivity contribution >= 4 is 29.7 Å². The largest absolute Gasteiger partial charge is 0.481 e. The molecule has 0 aromatic heterocycles. The molecule has 0 aromatic rings. The van der Waals surface area contributed by atoms with Crippen molar-refractivity contribution in [3.8, 4) is 0 Å². The molecule has 1 N–H and O–H groups in total. The maximum atomic E-state index is 11.9. The van der Waals surface area contributed by atoms with Crippen molar-refractivity contribution in [2.45, 2.75) is 32.6 Å². The molecule has 0 aromatic carbocycles. The van der Waals surface area contributed by atoms with E-state index in [0.717, 1.165) is 0 Å². The summed E-state index contributed by atoms with van der Waals surface area (Å²) in [6.45, 7) is 4.60. The summed E-state index contributed by atoms with van der Waals surface area (Å²) in [6.07, 6.45) is -0.835. The fourth-order valence-electron chi connectivity index (χ4n) is 1.75. The van der Waals surface area contributed by atoms with E-state index in [-0.39, 0.29) is 31.4 Å². The predicted molar refractivity (Wildman–Crippen MR) is 73.3 cm³/mol. The third-order valence-corrected chi connectivity index (χ3v) is 2.99. The summed E-state index contributed by atoms with van der Waals surface area (Å²) in [5, 5.41) is 9.16. The minimum atomic E-state index is -1.27. The van der Waals surface area contributed by atoms with E-state index in [2.05, 4.69) is 11.4 Å². The van der Waals surface area contributed by atoms with Gasteiger partial charge in [-0.25, -0.2) is 9.59 Å². The summed E-state index contributed by atoms with van der Waals surface area (Å²) in [4.78, 5) is 61.4. The van der Waals surface area contributed by atoms with Gasteiger partial charge in [0, 0.05) is 18.4 Å². The van der Waals surface area contributed by atoms with E-state index in [4.69, 9.17) is 9.84 Å². The van der Waals surface area contributed by atoms with E-state index in [1.54, 1.807) is 0 Å². The SMILES string of the molecule is C=C(C)C(=O)OCCC(CC(=O)O)C(=O)ON1C(=O)CCC1=O. The van der Waals surface area contributed by atoms with E-state index in [0.29, 0.717) is 5.06 Å². The molecule has 1 saturated heterocycles. The minimum absolute atomic E-state index is 0.0636. The Kier molecular flexibility index (Phi) is 6.43. The van der Waals surface area contributed by atoms with E-state index >= 15 is 0 Å². The predicted octanol–water partition coefficient (Wildman–Crippen LogP) is 0.194. The molecule has 0 spiro atoms. The van der Waals surface area contributed by atoms with E-state index in [9.17, 15) is 24.0 Å². The summed E-state index contributed by atoms with van der Waals surface area (Å²) in [5.74, 6) is -5.46. The molecule has 1 atom stereocenters. The van der Waals surface area contributed by atoms with Crippen LogP contribution in [0.15, 0.2) is 12.2 Å². The van der Waals surface area contributed by atoms with Crippen LogP contribution in [-0.4, -0.2) is 46.5 Å². The van der Waals surface area contributed by atoms with Crippen molar-refractivity contribution in [1.82, 2.24) is 5.06 Å². The minimum Gasteiger partial charge on any atom is -0.481 e. The highest BCUT2D eigenvalue weighted by Crippen LogP contribution is 2.17. The Hall–Kier alpha value is -2.71. The van der Waals surface area contributed by atoms with Gasteiger partial charge in [-0.05, 0) is 13.3 Å². The summed E-state index contributed by atoms with van der Waals surface area (Å²) in [7, 11) is 0. The van der Waals surface area contributed by atoms with Gasteiger partial charge in [-0.1, -0.05) is 6.58 Å². The molecule has 0 saturated carbocycles. The number of amides is 2. The van der Waals surface area contributed by atoms with Crippen molar-refractivity contribution < 1.29 is 38.7 Å². The Bertz CT molecular complexity index is 537. The topological polar surface area (TPSA) is 127 Å². The highest BCUT2D eigenvalue weighted by atomic mass is 16.7. The molecule has 1 unspecified atom stereocenters. The number of rotatable bonds is 8. The van der Waals surface area contributed by atoms with Gasteiger partial charge < -0.3 is 14.7 Å². The van der Waals surface area contributed by atoms with Crippen LogP contribution in [0, 0.1) is 5.92 Å². The fraction of sp³-hybridized carbons (Fsp3) is 0.500. The number of carbonyl (C=O) groups excluding carboxylic acids is 4. The maximum Gasteiger partial charge on any atom is 0.336 e. The van der Waals surface area contributed by atoms with Crippen molar-refractivity contribution in [2.75, 3.05) is 6.61 Å². The van der Waals surface area contributed by atoms with Crippen molar-refractivity contribution in [3.05, 3.63) is 12.2 Å². The Balaban J connectivity index is 2.61. The van der Waals surface area contributed by atoms with Crippen molar-refractivity contribution in [3.63, 3.8) is 0 Å². The third-order valence-electron chi connectivity index (χ3n) is 2.99. The summed E-state index contributed by atoms with van der Waals surface area (Å²) in [5.41, 5.74) is 0.163. The lowest BCUT2D eigenvalue weighted by atomic mass is 10.0. The van der Waals surface area contributed by atoms with Gasteiger partial charge in [0.05, 0.1) is 18.9 Å². The molecule has 9 heteroatoms. The first-order chi connectivity index (χ1) is 10.7. The number of hydrogen-bond donors (Lipinski definition) is 1. The zero-order chi connectivity index (χ0) is 17.6. The molecule has 2 amide bonds. The molecule has 1 rings (SSSR count). The van der Waals surface area contributed by atoms with Crippen molar-refractivity contribution in [1.29, 1.82) is 0 Å². The van der Waals surface area contributed by atoms with E-state index in [1.807, 2.05) is 0 Å². The lowest BCUT2D eigenvalue weighted by molar-refractivity contribution is -0.201. The summed E-state index contributed by atoms with van der Waals surface area (Å²) in [6, 6.07) is 0. The number of esters is 1. The van der Waals surface area contributed by atoms with Gasteiger partial charge >= 0.3 is 17.9 Å². The third kappa shape index (κ3) is 5.53. The molecule has 0 aliphatic carbocycles. The van der Waals surface area contributed by atoms with E-state index < -0.39 is 42.1 Å². The van der Waals surface area contributed by atoms with Crippen LogP contribution in [-0.2, 0) is 33.5 Å². The molecule has 1 fully saturated rings. The number of carbonyl (C=O) groups is 5. The van der Waals surface area contributed by atoms with Gasteiger partial charge in [-0.3, -0.25) is 14.4 Å². The molecule has 0 bridgehead atoms. The smallest absolute Gasteiger partial charge is 0.336 e. The van der Waals surface area contributed by atoms with Gasteiger partial charge in [0.2, 0.25) is 0 Å². The monoisotopic (exact) mass is 327 g/mol. The molecule has 0 radical (unpaired) electrons. The number of hydrogen-bond acceptors (Lipinski definition) is 7. The van der Waals surface area contributed by atoms with Crippen LogP contribution in [0.4, 0.5) is 0 Å². The van der Waals surface area contributed by atoms with Crippen LogP contribution in [0.1, 0.15) is 32.6 Å².